The van der Waals surface area contributed by atoms with Gasteiger partial charge < -0.3 is 16.2 Å². The molecule has 0 saturated heterocycles. The number of carboxylic acid groups (broad SMARTS) is 1. The molecule has 1 aromatic carbocycles. The Morgan fingerprint density at radius 2 is 1.85 bits per heavy atom. The molecule has 1 saturated carbocycles. The molecule has 108 valence electrons. The normalized spacial score (nSPS) is 18.4. The third kappa shape index (κ3) is 3.17. The lowest BCUT2D eigenvalue weighted by Crippen LogP contribution is -2.57. The van der Waals surface area contributed by atoms with Crippen molar-refractivity contribution in [3.63, 3.8) is 0 Å². The highest BCUT2D eigenvalue weighted by atomic mass is 16.4. The highest BCUT2D eigenvalue weighted by Gasteiger charge is 2.43. The quantitative estimate of drug-likeness (QED) is 0.750. The standard InChI is InChI=1S/C15H20N2O3/c16-12(10-11-6-2-1-3-7-11)13(18)17-15(14(19)20)8-4-5-9-15/h1-3,6-7,12H,4-5,8-10,16H2,(H,17,18)(H,19,20)/t12-/m1/s1. The van der Waals surface area contributed by atoms with Crippen molar-refractivity contribution in [3.05, 3.63) is 35.9 Å². The van der Waals surface area contributed by atoms with Crippen LogP contribution < -0.4 is 11.1 Å². The molecule has 1 atom stereocenters. The largest absolute Gasteiger partial charge is 0.480 e. The van der Waals surface area contributed by atoms with Crippen LogP contribution in [0.3, 0.4) is 0 Å². The van der Waals surface area contributed by atoms with E-state index in [4.69, 9.17) is 5.73 Å². The molecule has 5 nitrogen and oxygen atoms in total. The molecule has 0 aromatic heterocycles. The summed E-state index contributed by atoms with van der Waals surface area (Å²) in [5.74, 6) is -1.35. The van der Waals surface area contributed by atoms with Gasteiger partial charge in [0.25, 0.3) is 0 Å². The lowest BCUT2D eigenvalue weighted by Gasteiger charge is -2.27. The summed E-state index contributed by atoms with van der Waals surface area (Å²) in [6.45, 7) is 0. The van der Waals surface area contributed by atoms with Crippen molar-refractivity contribution in [1.82, 2.24) is 5.32 Å². The molecule has 0 radical (unpaired) electrons. The SMILES string of the molecule is N[C@H](Cc1ccccc1)C(=O)NC1(C(=O)O)CCCC1. The van der Waals surface area contributed by atoms with Gasteiger partial charge in [-0.25, -0.2) is 4.79 Å². The van der Waals surface area contributed by atoms with E-state index in [1.165, 1.54) is 0 Å². The van der Waals surface area contributed by atoms with Gasteiger partial charge in [-0.15, -0.1) is 0 Å². The molecule has 0 heterocycles. The first-order chi connectivity index (χ1) is 9.53. The molecule has 0 aliphatic heterocycles. The minimum atomic E-state index is -1.12. The van der Waals surface area contributed by atoms with Crippen LogP contribution in [-0.4, -0.2) is 28.6 Å². The Labute approximate surface area is 118 Å². The van der Waals surface area contributed by atoms with Crippen LogP contribution in [-0.2, 0) is 16.0 Å². The number of nitrogens with two attached hydrogens (primary N) is 1. The average Bonchev–Trinajstić information content (AvgIpc) is 2.89. The van der Waals surface area contributed by atoms with E-state index in [9.17, 15) is 14.7 Å². The molecule has 1 fully saturated rings. The van der Waals surface area contributed by atoms with Crippen LogP contribution in [0.2, 0.25) is 0 Å². The molecular formula is C15H20N2O3. The number of hydrogen-bond donors (Lipinski definition) is 3. The van der Waals surface area contributed by atoms with E-state index < -0.39 is 23.5 Å². The molecule has 0 unspecified atom stereocenters. The van der Waals surface area contributed by atoms with E-state index in [-0.39, 0.29) is 0 Å². The van der Waals surface area contributed by atoms with Crippen molar-refractivity contribution < 1.29 is 14.7 Å². The second-order valence-corrected chi connectivity index (χ2v) is 5.38. The van der Waals surface area contributed by atoms with E-state index in [0.29, 0.717) is 19.3 Å². The number of nitrogens with one attached hydrogen (secondary N) is 1. The number of rotatable bonds is 5. The lowest BCUT2D eigenvalue weighted by atomic mass is 9.96. The van der Waals surface area contributed by atoms with Gasteiger partial charge >= 0.3 is 5.97 Å². The minimum absolute atomic E-state index is 0.391. The van der Waals surface area contributed by atoms with Gasteiger partial charge in [0.15, 0.2) is 0 Å². The Hall–Kier alpha value is -1.88. The number of carbonyl (C=O) groups excluding carboxylic acids is 1. The van der Waals surface area contributed by atoms with Crippen LogP contribution in [0.4, 0.5) is 0 Å². The third-order valence-corrected chi connectivity index (χ3v) is 3.86. The number of aliphatic carboxylic acids is 1. The van der Waals surface area contributed by atoms with Gasteiger partial charge in [0.2, 0.25) is 5.91 Å². The summed E-state index contributed by atoms with van der Waals surface area (Å²) in [7, 11) is 0. The zero-order valence-electron chi connectivity index (χ0n) is 11.3. The molecule has 1 aromatic rings. The molecule has 1 amide bonds. The fourth-order valence-electron chi connectivity index (χ4n) is 2.66. The smallest absolute Gasteiger partial charge is 0.329 e. The summed E-state index contributed by atoms with van der Waals surface area (Å²) in [5.41, 5.74) is 5.73. The Morgan fingerprint density at radius 1 is 1.25 bits per heavy atom. The van der Waals surface area contributed by atoms with Gasteiger partial charge in [-0.05, 0) is 24.8 Å². The molecule has 2 rings (SSSR count). The van der Waals surface area contributed by atoms with Crippen molar-refractivity contribution in [3.8, 4) is 0 Å². The predicted molar refractivity (Wildman–Crippen MR) is 75.1 cm³/mol. The monoisotopic (exact) mass is 276 g/mol. The van der Waals surface area contributed by atoms with Gasteiger partial charge in [0.1, 0.15) is 5.54 Å². The maximum atomic E-state index is 12.1. The van der Waals surface area contributed by atoms with Crippen LogP contribution in [0.15, 0.2) is 30.3 Å². The van der Waals surface area contributed by atoms with E-state index in [1.54, 1.807) is 0 Å². The first-order valence-electron chi connectivity index (χ1n) is 6.88. The van der Waals surface area contributed by atoms with E-state index in [2.05, 4.69) is 5.32 Å². The highest BCUT2D eigenvalue weighted by Crippen LogP contribution is 2.30. The maximum Gasteiger partial charge on any atom is 0.329 e. The summed E-state index contributed by atoms with van der Waals surface area (Å²) in [4.78, 5) is 23.5. The van der Waals surface area contributed by atoms with E-state index >= 15 is 0 Å². The fraction of sp³-hybridized carbons (Fsp3) is 0.467. The Balaban J connectivity index is 1.98. The second kappa shape index (κ2) is 6.05. The summed E-state index contributed by atoms with van der Waals surface area (Å²) in [6.07, 6.45) is 3.00. The topological polar surface area (TPSA) is 92.4 Å². The van der Waals surface area contributed by atoms with Crippen LogP contribution in [0.5, 0.6) is 0 Å². The molecule has 0 spiro atoms. The first-order valence-corrected chi connectivity index (χ1v) is 6.88. The Kier molecular flexibility index (Phi) is 4.39. The molecular weight excluding hydrogens is 256 g/mol. The zero-order chi connectivity index (χ0) is 14.6. The summed E-state index contributed by atoms with van der Waals surface area (Å²) < 4.78 is 0. The third-order valence-electron chi connectivity index (χ3n) is 3.86. The average molecular weight is 276 g/mol. The molecule has 20 heavy (non-hydrogen) atoms. The summed E-state index contributed by atoms with van der Waals surface area (Å²) in [6, 6.07) is 8.73. The highest BCUT2D eigenvalue weighted by molar-refractivity contribution is 5.89. The number of amides is 1. The molecule has 4 N–H and O–H groups in total. The van der Waals surface area contributed by atoms with Crippen LogP contribution in [0, 0.1) is 0 Å². The summed E-state index contributed by atoms with van der Waals surface area (Å²) in [5, 5.41) is 12.0. The van der Waals surface area contributed by atoms with Crippen LogP contribution >= 0.6 is 0 Å². The van der Waals surface area contributed by atoms with E-state index in [0.717, 1.165) is 18.4 Å². The fourth-order valence-corrected chi connectivity index (χ4v) is 2.66. The van der Waals surface area contributed by atoms with Gasteiger partial charge in [-0.3, -0.25) is 4.79 Å². The minimum Gasteiger partial charge on any atom is -0.480 e. The van der Waals surface area contributed by atoms with Crippen LogP contribution in [0.25, 0.3) is 0 Å². The van der Waals surface area contributed by atoms with Crippen molar-refractivity contribution >= 4 is 11.9 Å². The van der Waals surface area contributed by atoms with Gasteiger partial charge in [0.05, 0.1) is 6.04 Å². The Bertz CT molecular complexity index is 481. The molecule has 1 aliphatic carbocycles. The second-order valence-electron chi connectivity index (χ2n) is 5.38. The molecule has 5 heteroatoms. The van der Waals surface area contributed by atoms with Gasteiger partial charge in [-0.2, -0.15) is 0 Å². The number of carboxylic acids is 1. The number of benzene rings is 1. The summed E-state index contributed by atoms with van der Waals surface area (Å²) >= 11 is 0. The van der Waals surface area contributed by atoms with E-state index in [1.807, 2.05) is 30.3 Å². The maximum absolute atomic E-state index is 12.1. The zero-order valence-corrected chi connectivity index (χ0v) is 11.3. The van der Waals surface area contributed by atoms with Gasteiger partial charge in [0, 0.05) is 0 Å². The van der Waals surface area contributed by atoms with Crippen molar-refractivity contribution in [2.24, 2.45) is 5.73 Å². The van der Waals surface area contributed by atoms with Crippen molar-refractivity contribution in [1.29, 1.82) is 0 Å². The predicted octanol–water partition coefficient (Wildman–Crippen LogP) is 1.07. The van der Waals surface area contributed by atoms with Crippen LogP contribution in [0.1, 0.15) is 31.2 Å². The molecule has 1 aliphatic rings. The Morgan fingerprint density at radius 3 is 2.40 bits per heavy atom. The molecule has 0 bridgehead atoms. The lowest BCUT2D eigenvalue weighted by molar-refractivity contribution is -0.147. The number of carbonyl (C=O) groups is 2. The van der Waals surface area contributed by atoms with Gasteiger partial charge in [-0.1, -0.05) is 43.2 Å². The van der Waals surface area contributed by atoms with Crippen molar-refractivity contribution in [2.75, 3.05) is 0 Å². The van der Waals surface area contributed by atoms with Crippen molar-refractivity contribution in [2.45, 2.75) is 43.7 Å². The first kappa shape index (κ1) is 14.5. The number of hydrogen-bond acceptors (Lipinski definition) is 3.